The lowest BCUT2D eigenvalue weighted by Crippen LogP contribution is -2.42. The lowest BCUT2D eigenvalue weighted by atomic mass is 9.81. The number of rotatable bonds is 9. The number of pyridine rings is 1. The third-order valence-corrected chi connectivity index (χ3v) is 11.1. The van der Waals surface area contributed by atoms with Crippen molar-refractivity contribution in [3.8, 4) is 0 Å². The fourth-order valence-corrected chi connectivity index (χ4v) is 8.89. The molecule has 6 atom stereocenters. The van der Waals surface area contributed by atoms with Crippen molar-refractivity contribution in [2.75, 3.05) is 13.1 Å². The molecular weight excluding hydrogens is 476 g/mol. The van der Waals surface area contributed by atoms with Gasteiger partial charge in [-0.05, 0) is 98.5 Å². The van der Waals surface area contributed by atoms with E-state index in [1.165, 1.54) is 38.5 Å². The minimum Gasteiger partial charge on any atom is -0.369 e. The lowest BCUT2D eigenvalue weighted by Gasteiger charge is -2.30. The fourth-order valence-electron chi connectivity index (χ4n) is 8.89. The first-order chi connectivity index (χ1) is 18.4. The number of likely N-dealkylation sites (tertiary alicyclic amines) is 1. The Hall–Kier alpha value is -2.70. The van der Waals surface area contributed by atoms with Crippen LogP contribution in [0.3, 0.4) is 0 Å². The van der Waals surface area contributed by atoms with Crippen LogP contribution in [0, 0.1) is 40.9 Å². The number of carbonyl (C=O) groups is 3. The fraction of sp³-hybridized carbons (Fsp3) is 0.677. The summed E-state index contributed by atoms with van der Waals surface area (Å²) in [5.41, 5.74) is 8.25. The monoisotopic (exact) mass is 516 g/mol. The number of carbonyl (C=O) groups excluding carboxylic acids is 3. The van der Waals surface area contributed by atoms with Crippen LogP contribution in [0.15, 0.2) is 24.4 Å². The molecule has 1 aliphatic heterocycles. The molecule has 2 aromatic heterocycles. The molecule has 0 radical (unpaired) electrons. The Morgan fingerprint density at radius 2 is 1.87 bits per heavy atom. The molecular formula is C31H40N4O3. The first-order valence-corrected chi connectivity index (χ1v) is 15.0. The third-order valence-electron chi connectivity index (χ3n) is 11.1. The zero-order valence-corrected chi connectivity index (χ0v) is 22.3. The minimum absolute atomic E-state index is 0.00530. The number of nitrogens with zero attached hydrogens (tertiary/aromatic N) is 3. The molecule has 2 aromatic rings. The maximum absolute atomic E-state index is 13.2. The smallest absolute Gasteiger partial charge is 0.228 e. The number of nitrogens with two attached hydrogens (primary N) is 1. The normalized spacial score (nSPS) is 33.5. The quantitative estimate of drug-likeness (QED) is 0.394. The van der Waals surface area contributed by atoms with Crippen LogP contribution in [0.25, 0.3) is 5.65 Å². The van der Waals surface area contributed by atoms with Gasteiger partial charge in [-0.25, -0.2) is 4.98 Å². The molecule has 5 aliphatic rings. The highest BCUT2D eigenvalue weighted by molar-refractivity contribution is 5.95. The Bertz CT molecular complexity index is 1280. The number of hydrogen-bond donors (Lipinski definition) is 1. The van der Waals surface area contributed by atoms with E-state index in [1.54, 1.807) is 4.90 Å². The van der Waals surface area contributed by atoms with Crippen LogP contribution in [0.1, 0.15) is 86.8 Å². The van der Waals surface area contributed by atoms with Crippen molar-refractivity contribution >= 4 is 23.2 Å². The standard InChI is InChI=1S/C31H40N4O3/c32-30(38)19-8-10-34(11-9-19)29(37)15-24-18-35-26(5-3-7-28(35)33-24)27(36)6-2-1-4-20-12-21-14-25(21)31-16-22(20)13-23(31)17-31/h3,5,7,18-23,25H,1-2,4,6,8-17H2,(H2,32,38). The van der Waals surface area contributed by atoms with Crippen molar-refractivity contribution < 1.29 is 14.4 Å². The molecule has 4 saturated carbocycles. The van der Waals surface area contributed by atoms with Gasteiger partial charge in [0.2, 0.25) is 11.8 Å². The highest BCUT2D eigenvalue weighted by atomic mass is 16.2. The van der Waals surface area contributed by atoms with Gasteiger partial charge in [0.1, 0.15) is 5.65 Å². The molecule has 2 N–H and O–H groups in total. The Morgan fingerprint density at radius 3 is 2.68 bits per heavy atom. The Labute approximate surface area is 224 Å². The van der Waals surface area contributed by atoms with E-state index >= 15 is 0 Å². The molecule has 2 amide bonds. The maximum Gasteiger partial charge on any atom is 0.228 e. The molecule has 7 rings (SSSR count). The molecule has 0 aromatic carbocycles. The SMILES string of the molecule is NC(=O)C1CCN(C(=O)Cc2cn3c(C(=O)CCCCC4CC5CC5C56CC4CC5C6)cccc3n2)CC1. The number of fused-ring (bicyclic) bond motifs is 3. The number of primary amides is 1. The van der Waals surface area contributed by atoms with Gasteiger partial charge < -0.3 is 10.6 Å². The van der Waals surface area contributed by atoms with E-state index in [9.17, 15) is 14.4 Å². The van der Waals surface area contributed by atoms with Crippen molar-refractivity contribution in [1.82, 2.24) is 14.3 Å². The second-order valence-electron chi connectivity index (χ2n) is 13.2. The summed E-state index contributed by atoms with van der Waals surface area (Å²) in [6.07, 6.45) is 14.7. The van der Waals surface area contributed by atoms with Crippen LogP contribution in [-0.2, 0) is 16.0 Å². The second-order valence-corrected chi connectivity index (χ2v) is 13.2. The van der Waals surface area contributed by atoms with E-state index < -0.39 is 0 Å². The summed E-state index contributed by atoms with van der Waals surface area (Å²) in [6.45, 7) is 1.10. The zero-order valence-electron chi connectivity index (χ0n) is 22.3. The molecule has 202 valence electrons. The predicted octanol–water partition coefficient (Wildman–Crippen LogP) is 4.42. The molecule has 7 heteroatoms. The van der Waals surface area contributed by atoms with Gasteiger partial charge in [0, 0.05) is 31.6 Å². The average Bonchev–Trinajstić information content (AvgIpc) is 3.76. The first kappa shape index (κ1) is 24.3. The van der Waals surface area contributed by atoms with E-state index in [0.717, 1.165) is 47.8 Å². The van der Waals surface area contributed by atoms with Crippen LogP contribution in [0.2, 0.25) is 0 Å². The van der Waals surface area contributed by atoms with Gasteiger partial charge in [-0.1, -0.05) is 18.9 Å². The number of aromatic nitrogens is 2. The molecule has 6 unspecified atom stereocenters. The second kappa shape index (κ2) is 9.20. The van der Waals surface area contributed by atoms with Crippen molar-refractivity contribution in [3.63, 3.8) is 0 Å². The van der Waals surface area contributed by atoms with Crippen molar-refractivity contribution in [2.24, 2.45) is 46.7 Å². The average molecular weight is 517 g/mol. The Kier molecular flexibility index (Phi) is 5.89. The van der Waals surface area contributed by atoms with Gasteiger partial charge in [-0.3, -0.25) is 18.8 Å². The molecule has 38 heavy (non-hydrogen) atoms. The highest BCUT2D eigenvalue weighted by Gasteiger charge is 2.71. The van der Waals surface area contributed by atoms with Gasteiger partial charge in [-0.15, -0.1) is 0 Å². The predicted molar refractivity (Wildman–Crippen MR) is 143 cm³/mol. The van der Waals surface area contributed by atoms with Gasteiger partial charge in [0.15, 0.2) is 5.78 Å². The number of imidazole rings is 1. The summed E-state index contributed by atoms with van der Waals surface area (Å²) in [5.74, 6) is 4.77. The first-order valence-electron chi connectivity index (χ1n) is 15.0. The van der Waals surface area contributed by atoms with Crippen LogP contribution in [0.5, 0.6) is 0 Å². The molecule has 2 bridgehead atoms. The van der Waals surface area contributed by atoms with E-state index in [1.807, 2.05) is 28.8 Å². The van der Waals surface area contributed by atoms with Gasteiger partial charge in [-0.2, -0.15) is 0 Å². The molecule has 7 nitrogen and oxygen atoms in total. The van der Waals surface area contributed by atoms with Crippen LogP contribution >= 0.6 is 0 Å². The largest absolute Gasteiger partial charge is 0.369 e. The van der Waals surface area contributed by atoms with E-state index in [2.05, 4.69) is 4.98 Å². The third kappa shape index (κ3) is 4.26. The summed E-state index contributed by atoms with van der Waals surface area (Å²) in [5, 5.41) is 0. The van der Waals surface area contributed by atoms with E-state index in [-0.39, 0.29) is 29.9 Å². The van der Waals surface area contributed by atoms with E-state index in [0.29, 0.717) is 49.4 Å². The number of piperidine rings is 1. The lowest BCUT2D eigenvalue weighted by molar-refractivity contribution is -0.134. The zero-order chi connectivity index (χ0) is 26.0. The van der Waals surface area contributed by atoms with Crippen LogP contribution < -0.4 is 5.73 Å². The topological polar surface area (TPSA) is 97.8 Å². The molecule has 1 spiro atoms. The van der Waals surface area contributed by atoms with Crippen molar-refractivity contribution in [1.29, 1.82) is 0 Å². The highest BCUT2D eigenvalue weighted by Crippen LogP contribution is 2.79. The Balaban J connectivity index is 0.929. The minimum atomic E-state index is -0.279. The van der Waals surface area contributed by atoms with Crippen LogP contribution in [0.4, 0.5) is 0 Å². The van der Waals surface area contributed by atoms with Crippen LogP contribution in [-0.4, -0.2) is 45.0 Å². The summed E-state index contributed by atoms with van der Waals surface area (Å²) < 4.78 is 1.85. The number of unbranched alkanes of at least 4 members (excludes halogenated alkanes) is 1. The Morgan fingerprint density at radius 1 is 1.03 bits per heavy atom. The van der Waals surface area contributed by atoms with Gasteiger partial charge >= 0.3 is 0 Å². The molecule has 5 fully saturated rings. The summed E-state index contributed by atoms with van der Waals surface area (Å²) >= 11 is 0. The molecule has 4 aliphatic carbocycles. The molecule has 1 saturated heterocycles. The van der Waals surface area contributed by atoms with Crippen molar-refractivity contribution in [2.45, 2.75) is 77.0 Å². The van der Waals surface area contributed by atoms with Gasteiger partial charge in [0.25, 0.3) is 0 Å². The summed E-state index contributed by atoms with van der Waals surface area (Å²) in [6, 6.07) is 5.65. The van der Waals surface area contributed by atoms with E-state index in [4.69, 9.17) is 5.73 Å². The number of ketones is 1. The summed E-state index contributed by atoms with van der Waals surface area (Å²) in [7, 11) is 0. The number of amides is 2. The summed E-state index contributed by atoms with van der Waals surface area (Å²) in [4.78, 5) is 43.9. The molecule has 3 heterocycles. The van der Waals surface area contributed by atoms with Crippen molar-refractivity contribution in [3.05, 3.63) is 35.8 Å². The number of Topliss-reactive ketones (excluding diaryl/α,β-unsaturated/α-hetero) is 1. The maximum atomic E-state index is 13.2. The number of hydrogen-bond acceptors (Lipinski definition) is 4. The van der Waals surface area contributed by atoms with Gasteiger partial charge in [0.05, 0.1) is 17.8 Å².